The van der Waals surface area contributed by atoms with Gasteiger partial charge in [-0.3, -0.25) is 4.99 Å². The third kappa shape index (κ3) is 5.45. The Balaban J connectivity index is 1.01. The molecule has 0 N–H and O–H groups in total. The molecule has 0 aromatic heterocycles. The van der Waals surface area contributed by atoms with Crippen LogP contribution in [0, 0.1) is 0 Å². The first-order chi connectivity index (χ1) is 27.2. The molecule has 9 aromatic carbocycles. The largest absolute Gasteiger partial charge is 0.310 e. The second-order valence-corrected chi connectivity index (χ2v) is 14.7. The number of anilines is 3. The van der Waals surface area contributed by atoms with Gasteiger partial charge in [0, 0.05) is 23.2 Å². The Kier molecular flexibility index (Phi) is 7.34. The number of nitrogens with zero attached hydrogens (tertiary/aromatic N) is 2. The normalized spacial score (nSPS) is 12.7. The van der Waals surface area contributed by atoms with E-state index in [4.69, 9.17) is 4.99 Å². The van der Waals surface area contributed by atoms with Gasteiger partial charge in [-0.25, -0.2) is 0 Å². The molecule has 258 valence electrons. The van der Waals surface area contributed by atoms with Gasteiger partial charge in [0.25, 0.3) is 0 Å². The second-order valence-electron chi connectivity index (χ2n) is 14.7. The number of hydrogen-bond acceptors (Lipinski definition) is 2. The van der Waals surface area contributed by atoms with Gasteiger partial charge in [-0.05, 0) is 115 Å². The van der Waals surface area contributed by atoms with Crippen molar-refractivity contribution >= 4 is 50.0 Å². The third-order valence-electron chi connectivity index (χ3n) is 11.5. The van der Waals surface area contributed by atoms with Gasteiger partial charge < -0.3 is 4.90 Å². The molecule has 0 spiro atoms. The van der Waals surface area contributed by atoms with Crippen molar-refractivity contribution in [2.24, 2.45) is 4.99 Å². The molecular weight excluding hydrogens is 665 g/mol. The summed E-state index contributed by atoms with van der Waals surface area (Å²) in [6, 6.07) is 70.9. The monoisotopic (exact) mass is 700 g/mol. The van der Waals surface area contributed by atoms with E-state index in [1.54, 1.807) is 0 Å². The van der Waals surface area contributed by atoms with Crippen LogP contribution < -0.4 is 4.90 Å². The minimum absolute atomic E-state index is 0.877. The highest BCUT2D eigenvalue weighted by molar-refractivity contribution is 6.10. The van der Waals surface area contributed by atoms with Gasteiger partial charge in [-0.15, -0.1) is 0 Å². The summed E-state index contributed by atoms with van der Waals surface area (Å²) < 4.78 is 0. The van der Waals surface area contributed by atoms with Crippen LogP contribution in [0.5, 0.6) is 0 Å². The molecule has 11 rings (SSSR count). The van der Waals surface area contributed by atoms with E-state index < -0.39 is 0 Å². The maximum absolute atomic E-state index is 5.07. The van der Waals surface area contributed by atoms with Crippen molar-refractivity contribution in [3.8, 4) is 33.4 Å². The zero-order valence-corrected chi connectivity index (χ0v) is 30.3. The lowest BCUT2D eigenvalue weighted by atomic mass is 9.94. The molecule has 0 amide bonds. The van der Waals surface area contributed by atoms with E-state index in [9.17, 15) is 0 Å². The maximum Gasteiger partial charge on any atom is 0.0675 e. The predicted molar refractivity (Wildman–Crippen MR) is 232 cm³/mol. The van der Waals surface area contributed by atoms with Gasteiger partial charge in [0.05, 0.1) is 17.1 Å². The van der Waals surface area contributed by atoms with Crippen molar-refractivity contribution in [1.82, 2.24) is 0 Å². The van der Waals surface area contributed by atoms with E-state index >= 15 is 0 Å². The molecule has 2 heteroatoms. The summed E-state index contributed by atoms with van der Waals surface area (Å²) in [5, 5.41) is 4.99. The quantitative estimate of drug-likeness (QED) is 0.169. The zero-order chi connectivity index (χ0) is 36.3. The average Bonchev–Trinajstić information content (AvgIpc) is 3.86. The first-order valence-electron chi connectivity index (χ1n) is 19.1. The first-order valence-corrected chi connectivity index (χ1v) is 19.1. The highest BCUT2D eigenvalue weighted by atomic mass is 15.1. The Hall–Kier alpha value is -7.03. The Morgan fingerprint density at radius 1 is 0.382 bits per heavy atom. The van der Waals surface area contributed by atoms with Crippen LogP contribution in [-0.2, 0) is 12.8 Å². The van der Waals surface area contributed by atoms with Crippen LogP contribution in [0.3, 0.4) is 0 Å². The lowest BCUT2D eigenvalue weighted by molar-refractivity contribution is 1.24. The molecule has 0 saturated carbocycles. The van der Waals surface area contributed by atoms with E-state index in [2.05, 4.69) is 199 Å². The fraction of sp³-hybridized carbons (Fsp3) is 0.0377. The molecule has 1 aliphatic carbocycles. The van der Waals surface area contributed by atoms with Crippen molar-refractivity contribution in [1.29, 1.82) is 0 Å². The molecule has 0 radical (unpaired) electrons. The Morgan fingerprint density at radius 2 is 1.02 bits per heavy atom. The van der Waals surface area contributed by atoms with Crippen molar-refractivity contribution in [2.45, 2.75) is 12.8 Å². The number of aliphatic imine (C=N–C) groups is 1. The molecule has 0 atom stereocenters. The molecule has 0 bridgehead atoms. The van der Waals surface area contributed by atoms with Gasteiger partial charge in [-0.2, -0.15) is 0 Å². The third-order valence-corrected chi connectivity index (χ3v) is 11.5. The van der Waals surface area contributed by atoms with E-state index in [0.29, 0.717) is 0 Å². The number of fused-ring (bicyclic) bond motifs is 7. The highest BCUT2D eigenvalue weighted by Crippen LogP contribution is 2.49. The lowest BCUT2D eigenvalue weighted by Gasteiger charge is -2.28. The standard InChI is InChI=1S/C53H36N2/c1-3-11-35(12-4-1)37-21-25-45(26-22-37)55(46-27-23-36-13-7-8-16-39(36)31-46)52-34-44-30-43-29-40(24-28-47(43)53(44)49-18-10-9-17-48(49)52)41-19-20-42-33-50(54-51(42)32-41)38-14-5-2-6-15-38/h1-29,31-32,34H,30,33H2. The van der Waals surface area contributed by atoms with E-state index in [1.165, 1.54) is 82.9 Å². The topological polar surface area (TPSA) is 15.6 Å². The van der Waals surface area contributed by atoms with Crippen molar-refractivity contribution in [3.05, 3.63) is 216 Å². The molecule has 2 aliphatic rings. The zero-order valence-electron chi connectivity index (χ0n) is 30.3. The molecule has 0 unspecified atom stereocenters. The van der Waals surface area contributed by atoms with E-state index in [0.717, 1.165) is 35.6 Å². The molecular formula is C53H36N2. The summed E-state index contributed by atoms with van der Waals surface area (Å²) in [7, 11) is 0. The minimum atomic E-state index is 0.877. The summed E-state index contributed by atoms with van der Waals surface area (Å²) >= 11 is 0. The Morgan fingerprint density at radius 3 is 1.84 bits per heavy atom. The second kappa shape index (κ2) is 12.8. The number of benzene rings is 9. The summed E-state index contributed by atoms with van der Waals surface area (Å²) in [6.07, 6.45) is 1.76. The van der Waals surface area contributed by atoms with Crippen molar-refractivity contribution in [2.75, 3.05) is 4.90 Å². The van der Waals surface area contributed by atoms with Crippen molar-refractivity contribution < 1.29 is 0 Å². The van der Waals surface area contributed by atoms with Gasteiger partial charge in [0.15, 0.2) is 0 Å². The first kappa shape index (κ1) is 31.5. The van der Waals surface area contributed by atoms with Crippen LogP contribution >= 0.6 is 0 Å². The molecule has 1 aliphatic heterocycles. The maximum atomic E-state index is 5.07. The van der Waals surface area contributed by atoms with E-state index in [1.807, 2.05) is 0 Å². The van der Waals surface area contributed by atoms with Gasteiger partial charge in [0.2, 0.25) is 0 Å². The Bertz CT molecular complexity index is 2960. The summed E-state index contributed by atoms with van der Waals surface area (Å²) in [5.41, 5.74) is 18.5. The summed E-state index contributed by atoms with van der Waals surface area (Å²) in [6.45, 7) is 0. The van der Waals surface area contributed by atoms with Gasteiger partial charge >= 0.3 is 0 Å². The molecule has 0 saturated heterocycles. The van der Waals surface area contributed by atoms with E-state index in [-0.39, 0.29) is 0 Å². The van der Waals surface area contributed by atoms with Crippen LogP contribution in [0.4, 0.5) is 22.7 Å². The fourth-order valence-corrected chi connectivity index (χ4v) is 8.76. The fourth-order valence-electron chi connectivity index (χ4n) is 8.76. The lowest BCUT2D eigenvalue weighted by Crippen LogP contribution is -2.11. The predicted octanol–water partition coefficient (Wildman–Crippen LogP) is 14.0. The molecule has 1 heterocycles. The highest BCUT2D eigenvalue weighted by Gasteiger charge is 2.26. The van der Waals surface area contributed by atoms with Crippen LogP contribution in [0.2, 0.25) is 0 Å². The average molecular weight is 701 g/mol. The van der Waals surface area contributed by atoms with Crippen LogP contribution in [0.1, 0.15) is 22.3 Å². The Labute approximate surface area is 321 Å². The molecule has 0 fully saturated rings. The minimum Gasteiger partial charge on any atom is -0.310 e. The van der Waals surface area contributed by atoms with Crippen LogP contribution in [0.25, 0.3) is 54.9 Å². The van der Waals surface area contributed by atoms with Gasteiger partial charge in [-0.1, -0.05) is 158 Å². The van der Waals surface area contributed by atoms with Crippen molar-refractivity contribution in [3.63, 3.8) is 0 Å². The smallest absolute Gasteiger partial charge is 0.0675 e. The number of hydrogen-bond donors (Lipinski definition) is 0. The molecule has 2 nitrogen and oxygen atoms in total. The van der Waals surface area contributed by atoms with Crippen LogP contribution in [0.15, 0.2) is 199 Å². The van der Waals surface area contributed by atoms with Gasteiger partial charge in [0.1, 0.15) is 0 Å². The SMILES string of the molecule is c1ccc(C2=Nc3cc(-c4ccc5c(c4)Cc4cc(N(c6ccc(-c7ccccc7)cc6)c6ccc7ccccc7c6)c6ccccc6c4-5)ccc3C2)cc1. The molecule has 9 aromatic rings. The summed E-state index contributed by atoms with van der Waals surface area (Å²) in [5.74, 6) is 0. The number of rotatable bonds is 6. The van der Waals surface area contributed by atoms with Crippen LogP contribution in [-0.4, -0.2) is 5.71 Å². The molecule has 55 heavy (non-hydrogen) atoms. The summed E-state index contributed by atoms with van der Waals surface area (Å²) in [4.78, 5) is 7.52.